The van der Waals surface area contributed by atoms with Crippen LogP contribution in [0.3, 0.4) is 0 Å². The van der Waals surface area contributed by atoms with Crippen molar-refractivity contribution in [2.45, 2.75) is 57.9 Å². The molecule has 7 heteroatoms. The lowest BCUT2D eigenvalue weighted by Gasteiger charge is -2.32. The van der Waals surface area contributed by atoms with Gasteiger partial charge in [0.2, 0.25) is 0 Å². The first-order valence-electron chi connectivity index (χ1n) is 12.5. The zero-order chi connectivity index (χ0) is 24.1. The van der Waals surface area contributed by atoms with E-state index in [0.717, 1.165) is 63.1 Å². The molecule has 1 aliphatic rings. The lowest BCUT2D eigenvalue weighted by molar-refractivity contribution is -0.142. The van der Waals surface area contributed by atoms with Crippen LogP contribution in [0.4, 0.5) is 0 Å². The first-order valence-corrected chi connectivity index (χ1v) is 12.5. The fourth-order valence-corrected chi connectivity index (χ4v) is 4.85. The van der Waals surface area contributed by atoms with Gasteiger partial charge < -0.3 is 24.8 Å². The number of carboxylic acid groups (broad SMARTS) is 1. The highest BCUT2D eigenvalue weighted by Gasteiger charge is 2.29. The Balaban J connectivity index is 0.00000342. The van der Waals surface area contributed by atoms with E-state index in [0.29, 0.717) is 12.5 Å². The minimum Gasteiger partial charge on any atom is -0.481 e. The van der Waals surface area contributed by atoms with E-state index in [-0.39, 0.29) is 5.48 Å². The molecule has 0 unspecified atom stereocenters. The molecule has 0 bridgehead atoms. The quantitative estimate of drug-likeness (QED) is 0.441. The molecule has 35 heavy (non-hydrogen) atoms. The number of carboxylic acids is 1. The van der Waals surface area contributed by atoms with Gasteiger partial charge >= 0.3 is 5.97 Å². The van der Waals surface area contributed by atoms with Gasteiger partial charge in [-0.2, -0.15) is 0 Å². The minimum atomic E-state index is -0.862. The topological polar surface area (TPSA) is 99.1 Å². The summed E-state index contributed by atoms with van der Waals surface area (Å²) in [4.78, 5) is 19.0. The van der Waals surface area contributed by atoms with Crippen molar-refractivity contribution in [2.75, 3.05) is 32.8 Å². The molecular formula is C28H39N3O4. The molecule has 0 aliphatic carbocycles. The Kier molecular flexibility index (Phi) is 9.05. The summed E-state index contributed by atoms with van der Waals surface area (Å²) in [5.74, 6) is 0.884. The number of piperidine rings is 1. The lowest BCUT2D eigenvalue weighted by atomic mass is 9.84. The molecule has 0 radical (unpaired) electrons. The molecule has 1 fully saturated rings. The number of aromatic nitrogens is 2. The molecule has 1 aliphatic heterocycles. The van der Waals surface area contributed by atoms with Gasteiger partial charge in [0.05, 0.1) is 23.1 Å². The highest BCUT2D eigenvalue weighted by Crippen LogP contribution is 2.30. The highest BCUT2D eigenvalue weighted by molar-refractivity contribution is 5.80. The van der Waals surface area contributed by atoms with Crippen molar-refractivity contribution in [3.8, 4) is 0 Å². The number of fused-ring (bicyclic) bond motifs is 1. The summed E-state index contributed by atoms with van der Waals surface area (Å²) < 4.78 is 8.01. The smallest absolute Gasteiger partial charge is 0.313 e. The van der Waals surface area contributed by atoms with E-state index in [2.05, 4.69) is 45.9 Å². The molecule has 2 aromatic carbocycles. The van der Waals surface area contributed by atoms with Crippen molar-refractivity contribution in [3.63, 3.8) is 0 Å². The third-order valence-corrected chi connectivity index (χ3v) is 7.23. The zero-order valence-electron chi connectivity index (χ0n) is 21.2. The summed E-state index contributed by atoms with van der Waals surface area (Å²) >= 11 is 0. The molecule has 0 amide bonds. The second-order valence-corrected chi connectivity index (χ2v) is 9.80. The van der Waals surface area contributed by atoms with Gasteiger partial charge in [-0.25, -0.2) is 4.98 Å². The maximum absolute atomic E-state index is 11.5. The monoisotopic (exact) mass is 481 g/mol. The summed E-state index contributed by atoms with van der Waals surface area (Å²) in [6.45, 7) is 11.0. The zero-order valence-corrected chi connectivity index (χ0v) is 21.2. The van der Waals surface area contributed by atoms with E-state index in [4.69, 9.17) is 9.72 Å². The van der Waals surface area contributed by atoms with Crippen LogP contribution in [0.15, 0.2) is 48.5 Å². The van der Waals surface area contributed by atoms with E-state index in [9.17, 15) is 9.90 Å². The average Bonchev–Trinajstić information content (AvgIpc) is 3.22. The van der Waals surface area contributed by atoms with Crippen LogP contribution in [-0.2, 0) is 27.9 Å². The van der Waals surface area contributed by atoms with Crippen molar-refractivity contribution in [2.24, 2.45) is 0 Å². The fourth-order valence-electron chi connectivity index (χ4n) is 4.85. The molecule has 4 rings (SSSR count). The largest absolute Gasteiger partial charge is 0.481 e. The van der Waals surface area contributed by atoms with Crippen LogP contribution in [-0.4, -0.2) is 63.9 Å². The Morgan fingerprint density at radius 2 is 1.77 bits per heavy atom. The number of likely N-dealkylation sites (tertiary alicyclic amines) is 1. The Morgan fingerprint density at radius 1 is 1.09 bits per heavy atom. The van der Waals surface area contributed by atoms with Crippen LogP contribution in [0.1, 0.15) is 56.5 Å². The third-order valence-electron chi connectivity index (χ3n) is 7.23. The number of hydrogen-bond donors (Lipinski definition) is 1. The molecule has 0 atom stereocenters. The molecule has 1 aromatic heterocycles. The molecule has 7 nitrogen and oxygen atoms in total. The van der Waals surface area contributed by atoms with E-state index in [1.807, 2.05) is 19.1 Å². The van der Waals surface area contributed by atoms with Crippen molar-refractivity contribution in [1.29, 1.82) is 0 Å². The number of benzene rings is 2. The first-order chi connectivity index (χ1) is 16.4. The highest BCUT2D eigenvalue weighted by atomic mass is 16.5. The van der Waals surface area contributed by atoms with Crippen molar-refractivity contribution >= 4 is 17.0 Å². The van der Waals surface area contributed by atoms with Gasteiger partial charge in [-0.15, -0.1) is 0 Å². The van der Waals surface area contributed by atoms with E-state index in [1.165, 1.54) is 16.9 Å². The van der Waals surface area contributed by atoms with Gasteiger partial charge in [0, 0.05) is 25.6 Å². The van der Waals surface area contributed by atoms with Crippen LogP contribution in [0, 0.1) is 0 Å². The number of hydrogen-bond acceptors (Lipinski definition) is 4. The summed E-state index contributed by atoms with van der Waals surface area (Å²) in [6.07, 6.45) is 3.21. The summed E-state index contributed by atoms with van der Waals surface area (Å²) in [6, 6.07) is 16.5. The number of nitrogens with zero attached hydrogens (tertiary/aromatic N) is 3. The fraction of sp³-hybridized carbons (Fsp3) is 0.500. The van der Waals surface area contributed by atoms with E-state index < -0.39 is 11.4 Å². The molecule has 2 heterocycles. The average molecular weight is 482 g/mol. The van der Waals surface area contributed by atoms with Gasteiger partial charge in [0.1, 0.15) is 5.82 Å². The number of imidazole rings is 1. The lowest BCUT2D eigenvalue weighted by Crippen LogP contribution is -2.35. The molecular weight excluding hydrogens is 442 g/mol. The molecule has 0 spiro atoms. The molecule has 1 saturated heterocycles. The first kappa shape index (κ1) is 26.9. The number of carbonyl (C=O) groups is 1. The maximum Gasteiger partial charge on any atom is 0.313 e. The Morgan fingerprint density at radius 3 is 2.43 bits per heavy atom. The third kappa shape index (κ3) is 6.10. The standard InChI is InChI=1S/C28H37N3O3.H2O/c1-4-34-20-19-31-25-8-6-5-7-24(25)29-26(31)22-14-17-30(18-15-22)16-13-21-9-11-23(12-10-21)28(2,3)27(32)33;/h5-12,22H,4,13-20H2,1-3H3,(H,32,33);1H2. The van der Waals surface area contributed by atoms with Gasteiger partial charge in [-0.1, -0.05) is 36.4 Å². The number of para-hydroxylation sites is 2. The molecule has 190 valence electrons. The second kappa shape index (κ2) is 11.8. The SMILES string of the molecule is CCOCCn1c(C2CCN(CCc3ccc(C(C)(C)C(=O)O)cc3)CC2)nc2ccccc21.O. The maximum atomic E-state index is 11.5. The van der Waals surface area contributed by atoms with Gasteiger partial charge in [0.15, 0.2) is 0 Å². The number of ether oxygens (including phenoxy) is 1. The Bertz CT molecular complexity index is 1100. The predicted octanol–water partition coefficient (Wildman–Crippen LogP) is 4.03. The Hall–Kier alpha value is -2.74. The molecule has 3 N–H and O–H groups in total. The summed E-state index contributed by atoms with van der Waals surface area (Å²) in [5.41, 5.74) is 3.52. The van der Waals surface area contributed by atoms with Crippen LogP contribution < -0.4 is 0 Å². The van der Waals surface area contributed by atoms with E-state index in [1.54, 1.807) is 13.8 Å². The summed E-state index contributed by atoms with van der Waals surface area (Å²) in [7, 11) is 0. The van der Waals surface area contributed by atoms with Gasteiger partial charge in [-0.3, -0.25) is 4.79 Å². The van der Waals surface area contributed by atoms with Crippen LogP contribution in [0.5, 0.6) is 0 Å². The van der Waals surface area contributed by atoms with Gasteiger partial charge in [0.25, 0.3) is 0 Å². The normalized spacial score (nSPS) is 15.3. The van der Waals surface area contributed by atoms with E-state index >= 15 is 0 Å². The molecule has 3 aromatic rings. The summed E-state index contributed by atoms with van der Waals surface area (Å²) in [5, 5.41) is 9.43. The Labute approximate surface area is 208 Å². The van der Waals surface area contributed by atoms with Crippen LogP contribution >= 0.6 is 0 Å². The molecule has 0 saturated carbocycles. The van der Waals surface area contributed by atoms with Crippen molar-refractivity contribution in [3.05, 3.63) is 65.5 Å². The van der Waals surface area contributed by atoms with Crippen molar-refractivity contribution in [1.82, 2.24) is 14.5 Å². The number of rotatable bonds is 10. The van der Waals surface area contributed by atoms with Crippen LogP contribution in [0.25, 0.3) is 11.0 Å². The second-order valence-electron chi connectivity index (χ2n) is 9.80. The van der Waals surface area contributed by atoms with Crippen LogP contribution in [0.2, 0.25) is 0 Å². The van der Waals surface area contributed by atoms with Crippen molar-refractivity contribution < 1.29 is 20.1 Å². The van der Waals surface area contributed by atoms with Gasteiger partial charge in [-0.05, 0) is 76.4 Å². The number of aliphatic carboxylic acids is 1. The predicted molar refractivity (Wildman–Crippen MR) is 139 cm³/mol. The minimum absolute atomic E-state index is 0.